The zero-order valence-electron chi connectivity index (χ0n) is 10.1. The van der Waals surface area contributed by atoms with Gasteiger partial charge in [-0.1, -0.05) is 0 Å². The van der Waals surface area contributed by atoms with E-state index in [9.17, 15) is 9.59 Å². The molecule has 2 rings (SSSR count). The van der Waals surface area contributed by atoms with Crippen LogP contribution in [0.3, 0.4) is 0 Å². The Hall–Kier alpha value is -1.95. The Bertz CT molecular complexity index is 630. The van der Waals surface area contributed by atoms with Crippen LogP contribution in [0, 0.1) is 13.8 Å². The standard InChI is InChI=1S/C12H13N3O2S/c1-7-10(18-8(2)15-7)6-14-12(17)9-4-3-5-13-11(9)16/h3-5H,6H2,1-2H3,(H,13,16)(H,14,17). The number of aromatic nitrogens is 2. The van der Waals surface area contributed by atoms with Crippen molar-refractivity contribution in [3.05, 3.63) is 49.8 Å². The average Bonchev–Trinajstić information content (AvgIpc) is 2.65. The number of rotatable bonds is 3. The lowest BCUT2D eigenvalue weighted by molar-refractivity contribution is 0.0949. The number of carbonyl (C=O) groups is 1. The van der Waals surface area contributed by atoms with Gasteiger partial charge in [-0.2, -0.15) is 0 Å². The van der Waals surface area contributed by atoms with Crippen molar-refractivity contribution < 1.29 is 4.79 Å². The number of nitrogens with one attached hydrogen (secondary N) is 2. The molecule has 0 bridgehead atoms. The van der Waals surface area contributed by atoms with Crippen molar-refractivity contribution in [3.63, 3.8) is 0 Å². The van der Waals surface area contributed by atoms with E-state index in [-0.39, 0.29) is 17.0 Å². The Balaban J connectivity index is 2.08. The largest absolute Gasteiger partial charge is 0.347 e. The first-order valence-corrected chi connectivity index (χ1v) is 6.28. The molecule has 0 unspecified atom stereocenters. The molecule has 0 aliphatic heterocycles. The minimum absolute atomic E-state index is 0.122. The minimum Gasteiger partial charge on any atom is -0.347 e. The molecule has 0 saturated carbocycles. The molecular formula is C12H13N3O2S. The van der Waals surface area contributed by atoms with Gasteiger partial charge >= 0.3 is 0 Å². The summed E-state index contributed by atoms with van der Waals surface area (Å²) in [6, 6.07) is 3.12. The number of carbonyl (C=O) groups excluding carboxylic acids is 1. The first-order valence-electron chi connectivity index (χ1n) is 5.46. The normalized spacial score (nSPS) is 10.3. The van der Waals surface area contributed by atoms with Crippen LogP contribution in [0.5, 0.6) is 0 Å². The van der Waals surface area contributed by atoms with Crippen molar-refractivity contribution in [2.24, 2.45) is 0 Å². The number of aryl methyl sites for hydroxylation is 2. The summed E-state index contributed by atoms with van der Waals surface area (Å²) in [7, 11) is 0. The lowest BCUT2D eigenvalue weighted by Crippen LogP contribution is -2.28. The molecule has 0 radical (unpaired) electrons. The fourth-order valence-electron chi connectivity index (χ4n) is 1.59. The lowest BCUT2D eigenvalue weighted by Gasteiger charge is -2.03. The maximum absolute atomic E-state index is 11.8. The van der Waals surface area contributed by atoms with Gasteiger partial charge in [0.2, 0.25) is 0 Å². The van der Waals surface area contributed by atoms with Crippen LogP contribution in [0.4, 0.5) is 0 Å². The summed E-state index contributed by atoms with van der Waals surface area (Å²) in [4.78, 5) is 31.0. The molecule has 5 nitrogen and oxygen atoms in total. The van der Waals surface area contributed by atoms with Gasteiger partial charge in [0, 0.05) is 11.1 Å². The highest BCUT2D eigenvalue weighted by Gasteiger charge is 2.11. The van der Waals surface area contributed by atoms with Gasteiger partial charge < -0.3 is 10.3 Å². The Morgan fingerprint density at radius 3 is 2.89 bits per heavy atom. The molecule has 1 amide bonds. The summed E-state index contributed by atoms with van der Waals surface area (Å²) in [6.07, 6.45) is 1.50. The summed E-state index contributed by atoms with van der Waals surface area (Å²) in [5.41, 5.74) is 0.656. The maximum atomic E-state index is 11.8. The molecule has 2 N–H and O–H groups in total. The van der Waals surface area contributed by atoms with E-state index >= 15 is 0 Å². The third kappa shape index (κ3) is 2.65. The monoisotopic (exact) mass is 263 g/mol. The lowest BCUT2D eigenvalue weighted by atomic mass is 10.2. The number of hydrogen-bond donors (Lipinski definition) is 2. The van der Waals surface area contributed by atoms with Gasteiger partial charge in [-0.3, -0.25) is 9.59 Å². The maximum Gasteiger partial charge on any atom is 0.260 e. The van der Waals surface area contributed by atoms with Crippen LogP contribution >= 0.6 is 11.3 Å². The fourth-order valence-corrected chi connectivity index (χ4v) is 2.47. The molecule has 18 heavy (non-hydrogen) atoms. The van der Waals surface area contributed by atoms with Crippen molar-refractivity contribution in [2.75, 3.05) is 0 Å². The highest BCUT2D eigenvalue weighted by atomic mass is 32.1. The highest BCUT2D eigenvalue weighted by Crippen LogP contribution is 2.16. The first kappa shape index (κ1) is 12.5. The molecule has 0 atom stereocenters. The summed E-state index contributed by atoms with van der Waals surface area (Å²) in [6.45, 7) is 4.22. The molecule has 0 aromatic carbocycles. The number of aromatic amines is 1. The molecule has 0 aliphatic rings. The molecule has 0 fully saturated rings. The summed E-state index contributed by atoms with van der Waals surface area (Å²) in [5.74, 6) is -0.373. The van der Waals surface area contributed by atoms with Crippen LogP contribution in [0.1, 0.15) is 25.9 Å². The Morgan fingerprint density at radius 1 is 1.50 bits per heavy atom. The average molecular weight is 263 g/mol. The summed E-state index contributed by atoms with van der Waals surface area (Å²) in [5, 5.41) is 3.69. The zero-order valence-corrected chi connectivity index (χ0v) is 10.9. The van der Waals surface area contributed by atoms with Crippen LogP contribution < -0.4 is 10.9 Å². The molecule has 0 aliphatic carbocycles. The van der Waals surface area contributed by atoms with Crippen molar-refractivity contribution in [3.8, 4) is 0 Å². The molecule has 2 heterocycles. The van der Waals surface area contributed by atoms with Crippen molar-refractivity contribution in [1.82, 2.24) is 15.3 Å². The molecule has 2 aromatic rings. The predicted molar refractivity (Wildman–Crippen MR) is 69.8 cm³/mol. The van der Waals surface area contributed by atoms with Crippen LogP contribution in [-0.2, 0) is 6.54 Å². The Morgan fingerprint density at radius 2 is 2.28 bits per heavy atom. The van der Waals surface area contributed by atoms with Gasteiger partial charge in [0.25, 0.3) is 11.5 Å². The van der Waals surface area contributed by atoms with Gasteiger partial charge in [0.1, 0.15) is 5.56 Å². The molecule has 2 aromatic heterocycles. The van der Waals surface area contributed by atoms with Gasteiger partial charge in [-0.25, -0.2) is 4.98 Å². The molecule has 0 spiro atoms. The van der Waals surface area contributed by atoms with E-state index in [0.717, 1.165) is 15.6 Å². The number of thiazole rings is 1. The summed E-state index contributed by atoms with van der Waals surface area (Å²) < 4.78 is 0. The van der Waals surface area contributed by atoms with Gasteiger partial charge in [0.15, 0.2) is 0 Å². The van der Waals surface area contributed by atoms with E-state index in [1.807, 2.05) is 13.8 Å². The molecule has 6 heteroatoms. The molecule has 0 saturated heterocycles. The fraction of sp³-hybridized carbons (Fsp3) is 0.250. The third-order valence-corrected chi connectivity index (χ3v) is 3.54. The summed E-state index contributed by atoms with van der Waals surface area (Å²) >= 11 is 1.54. The van der Waals surface area contributed by atoms with E-state index in [2.05, 4.69) is 15.3 Å². The first-order chi connectivity index (χ1) is 8.58. The third-order valence-electron chi connectivity index (χ3n) is 2.47. The second-order valence-corrected chi connectivity index (χ2v) is 5.12. The van der Waals surface area contributed by atoms with Crippen molar-refractivity contribution >= 4 is 17.2 Å². The Labute approximate surface area is 108 Å². The number of nitrogens with zero attached hydrogens (tertiary/aromatic N) is 1. The molecular weight excluding hydrogens is 250 g/mol. The van der Waals surface area contributed by atoms with Crippen LogP contribution in [0.15, 0.2) is 23.1 Å². The topological polar surface area (TPSA) is 74.8 Å². The van der Waals surface area contributed by atoms with E-state index < -0.39 is 0 Å². The van der Waals surface area contributed by atoms with Crippen LogP contribution in [0.25, 0.3) is 0 Å². The van der Waals surface area contributed by atoms with E-state index in [4.69, 9.17) is 0 Å². The van der Waals surface area contributed by atoms with E-state index in [0.29, 0.717) is 6.54 Å². The second-order valence-electron chi connectivity index (χ2n) is 3.84. The minimum atomic E-state index is -0.382. The quantitative estimate of drug-likeness (QED) is 0.878. The highest BCUT2D eigenvalue weighted by molar-refractivity contribution is 7.11. The van der Waals surface area contributed by atoms with Crippen LogP contribution in [-0.4, -0.2) is 15.9 Å². The number of pyridine rings is 1. The predicted octanol–water partition coefficient (Wildman–Crippen LogP) is 1.38. The van der Waals surface area contributed by atoms with E-state index in [1.54, 1.807) is 17.4 Å². The smallest absolute Gasteiger partial charge is 0.260 e. The molecule has 94 valence electrons. The SMILES string of the molecule is Cc1nc(C)c(CNC(=O)c2ccc[nH]c2=O)s1. The van der Waals surface area contributed by atoms with Crippen LogP contribution in [0.2, 0.25) is 0 Å². The number of hydrogen-bond acceptors (Lipinski definition) is 4. The second kappa shape index (κ2) is 5.14. The van der Waals surface area contributed by atoms with Crippen molar-refractivity contribution in [1.29, 1.82) is 0 Å². The van der Waals surface area contributed by atoms with Gasteiger partial charge in [0.05, 0.1) is 17.2 Å². The van der Waals surface area contributed by atoms with E-state index in [1.165, 1.54) is 12.3 Å². The number of H-pyrrole nitrogens is 1. The number of amides is 1. The van der Waals surface area contributed by atoms with Crippen molar-refractivity contribution in [2.45, 2.75) is 20.4 Å². The van der Waals surface area contributed by atoms with Gasteiger partial charge in [-0.05, 0) is 26.0 Å². The Kier molecular flexibility index (Phi) is 3.57. The van der Waals surface area contributed by atoms with Gasteiger partial charge in [-0.15, -0.1) is 11.3 Å². The zero-order chi connectivity index (χ0) is 13.1.